The van der Waals surface area contributed by atoms with E-state index < -0.39 is 6.09 Å². The number of carbonyl (C=O) groups excluding carboxylic acids is 2. The first-order valence-corrected chi connectivity index (χ1v) is 9.58. The molecule has 0 spiro atoms. The van der Waals surface area contributed by atoms with Crippen molar-refractivity contribution in [2.45, 2.75) is 32.2 Å². The summed E-state index contributed by atoms with van der Waals surface area (Å²) in [6.45, 7) is 4.20. The molecule has 1 aromatic carbocycles. The van der Waals surface area contributed by atoms with Crippen LogP contribution in [0.2, 0.25) is 5.02 Å². The number of benzene rings is 1. The van der Waals surface area contributed by atoms with E-state index in [0.29, 0.717) is 17.5 Å². The van der Waals surface area contributed by atoms with E-state index in [2.05, 4.69) is 22.5 Å². The third-order valence-electron chi connectivity index (χ3n) is 5.04. The van der Waals surface area contributed by atoms with E-state index in [0.717, 1.165) is 37.9 Å². The van der Waals surface area contributed by atoms with Crippen molar-refractivity contribution in [1.29, 1.82) is 0 Å². The maximum atomic E-state index is 13.2. The van der Waals surface area contributed by atoms with Gasteiger partial charge in [0.05, 0.1) is 0 Å². The summed E-state index contributed by atoms with van der Waals surface area (Å²) in [5.74, 6) is -0.139. The van der Waals surface area contributed by atoms with Gasteiger partial charge < -0.3 is 15.4 Å². The molecule has 0 saturated carbocycles. The molecule has 1 atom stereocenters. The fourth-order valence-corrected chi connectivity index (χ4v) is 3.62. The lowest BCUT2D eigenvalue weighted by Crippen LogP contribution is -2.37. The Balaban J connectivity index is 1.69. The lowest BCUT2D eigenvalue weighted by Gasteiger charge is -2.36. The number of alkyl carbamates (subject to hydrolysis) is 1. The van der Waals surface area contributed by atoms with Gasteiger partial charge in [0.25, 0.3) is 5.91 Å². The highest BCUT2D eigenvalue weighted by Gasteiger charge is 2.24. The van der Waals surface area contributed by atoms with Crippen molar-refractivity contribution in [3.8, 4) is 0 Å². The van der Waals surface area contributed by atoms with E-state index in [1.807, 2.05) is 0 Å². The number of amides is 2. The SMILES string of the molecule is CNC(=O)COC(=O)NCCC1CCN(C(C)c2ccc(F)cc2Cl)CC1. The van der Waals surface area contributed by atoms with Crippen LogP contribution in [-0.2, 0) is 9.53 Å². The number of ether oxygens (including phenoxy) is 1. The first kappa shape index (κ1) is 21.4. The largest absolute Gasteiger partial charge is 0.439 e. The third kappa shape index (κ3) is 6.66. The molecule has 2 N–H and O–H groups in total. The molecule has 8 heteroatoms. The number of hydrogen-bond donors (Lipinski definition) is 2. The number of nitrogens with zero attached hydrogens (tertiary/aromatic N) is 1. The predicted molar refractivity (Wildman–Crippen MR) is 102 cm³/mol. The van der Waals surface area contributed by atoms with Gasteiger partial charge >= 0.3 is 6.09 Å². The summed E-state index contributed by atoms with van der Waals surface area (Å²) in [4.78, 5) is 24.9. The molecule has 6 nitrogen and oxygen atoms in total. The van der Waals surface area contributed by atoms with Crippen LogP contribution in [0.3, 0.4) is 0 Å². The van der Waals surface area contributed by atoms with Crippen molar-refractivity contribution in [1.82, 2.24) is 15.5 Å². The molecule has 1 heterocycles. The molecule has 0 aromatic heterocycles. The van der Waals surface area contributed by atoms with Crippen LogP contribution in [0.5, 0.6) is 0 Å². The van der Waals surface area contributed by atoms with Gasteiger partial charge in [-0.2, -0.15) is 0 Å². The Kier molecular flexibility index (Phi) is 8.31. The van der Waals surface area contributed by atoms with Crippen LogP contribution in [0, 0.1) is 11.7 Å². The van der Waals surface area contributed by atoms with Crippen molar-refractivity contribution in [2.75, 3.05) is 33.3 Å². The van der Waals surface area contributed by atoms with Crippen LogP contribution in [0.25, 0.3) is 0 Å². The van der Waals surface area contributed by atoms with Crippen molar-refractivity contribution in [3.05, 3.63) is 34.6 Å². The number of likely N-dealkylation sites (N-methyl/N-ethyl adjacent to an activating group) is 1. The molecule has 150 valence electrons. The van der Waals surface area contributed by atoms with Gasteiger partial charge in [-0.15, -0.1) is 0 Å². The molecular weight excluding hydrogens is 373 g/mol. The van der Waals surface area contributed by atoms with Gasteiger partial charge in [0, 0.05) is 24.7 Å². The summed E-state index contributed by atoms with van der Waals surface area (Å²) in [6.07, 6.45) is 2.35. The Morgan fingerprint density at radius 3 is 2.70 bits per heavy atom. The zero-order valence-electron chi connectivity index (χ0n) is 15.8. The van der Waals surface area contributed by atoms with Crippen molar-refractivity contribution in [2.24, 2.45) is 5.92 Å². The number of carbonyl (C=O) groups is 2. The molecule has 0 aliphatic carbocycles. The number of hydrogen-bond acceptors (Lipinski definition) is 4. The van der Waals surface area contributed by atoms with Gasteiger partial charge in [0.2, 0.25) is 0 Å². The summed E-state index contributed by atoms with van der Waals surface area (Å²) in [6, 6.07) is 4.69. The molecular formula is C19H27ClFN3O3. The molecule has 27 heavy (non-hydrogen) atoms. The van der Waals surface area contributed by atoms with E-state index in [1.54, 1.807) is 6.07 Å². The van der Waals surface area contributed by atoms with Crippen LogP contribution in [0.4, 0.5) is 9.18 Å². The summed E-state index contributed by atoms with van der Waals surface area (Å²) in [5.41, 5.74) is 0.942. The summed E-state index contributed by atoms with van der Waals surface area (Å²) in [5, 5.41) is 5.52. The second-order valence-electron chi connectivity index (χ2n) is 6.79. The quantitative estimate of drug-likeness (QED) is 0.739. The molecule has 1 aromatic rings. The zero-order valence-corrected chi connectivity index (χ0v) is 16.5. The number of nitrogens with one attached hydrogen (secondary N) is 2. The predicted octanol–water partition coefficient (Wildman–Crippen LogP) is 3.11. The van der Waals surface area contributed by atoms with Gasteiger partial charge in [0.15, 0.2) is 6.61 Å². The Hall–Kier alpha value is -1.86. The highest BCUT2D eigenvalue weighted by Crippen LogP contribution is 2.31. The van der Waals surface area contributed by atoms with Gasteiger partial charge in [-0.25, -0.2) is 9.18 Å². The van der Waals surface area contributed by atoms with Crippen molar-refractivity contribution in [3.63, 3.8) is 0 Å². The van der Waals surface area contributed by atoms with E-state index in [4.69, 9.17) is 16.3 Å². The molecule has 0 radical (unpaired) electrons. The van der Waals surface area contributed by atoms with Crippen LogP contribution in [-0.4, -0.2) is 50.2 Å². The minimum atomic E-state index is -0.574. The lowest BCUT2D eigenvalue weighted by molar-refractivity contribution is -0.123. The number of halogens is 2. The molecule has 2 rings (SSSR count). The maximum Gasteiger partial charge on any atom is 0.407 e. The standard InChI is InChI=1S/C19H27ClFN3O3/c1-13(16-4-3-15(21)11-17(16)20)24-9-6-14(7-10-24)5-8-23-19(26)27-12-18(25)22-2/h3-4,11,13-14H,5-10,12H2,1-2H3,(H,22,25)(H,23,26). The molecule has 2 amide bonds. The topological polar surface area (TPSA) is 70.7 Å². The fraction of sp³-hybridized carbons (Fsp3) is 0.579. The maximum absolute atomic E-state index is 13.2. The third-order valence-corrected chi connectivity index (χ3v) is 5.37. The van der Waals surface area contributed by atoms with Gasteiger partial charge in [0.1, 0.15) is 5.82 Å². The highest BCUT2D eigenvalue weighted by atomic mass is 35.5. The molecule has 0 bridgehead atoms. The average molecular weight is 400 g/mol. The molecule has 1 aliphatic rings. The van der Waals surface area contributed by atoms with Crippen LogP contribution >= 0.6 is 11.6 Å². The smallest absolute Gasteiger partial charge is 0.407 e. The number of likely N-dealkylation sites (tertiary alicyclic amines) is 1. The normalized spacial score (nSPS) is 16.6. The minimum absolute atomic E-state index is 0.136. The van der Waals surface area contributed by atoms with Gasteiger partial charge in [-0.1, -0.05) is 17.7 Å². The van der Waals surface area contributed by atoms with Crippen LogP contribution < -0.4 is 10.6 Å². The van der Waals surface area contributed by atoms with Crippen molar-refractivity contribution < 1.29 is 18.7 Å². The Morgan fingerprint density at radius 1 is 1.37 bits per heavy atom. The van der Waals surface area contributed by atoms with Crippen molar-refractivity contribution >= 4 is 23.6 Å². The van der Waals surface area contributed by atoms with Crippen LogP contribution in [0.15, 0.2) is 18.2 Å². The van der Waals surface area contributed by atoms with E-state index >= 15 is 0 Å². The summed E-state index contributed by atoms with van der Waals surface area (Å²) < 4.78 is 18.0. The molecule has 1 aliphatic heterocycles. The first-order valence-electron chi connectivity index (χ1n) is 9.21. The average Bonchev–Trinajstić information content (AvgIpc) is 2.66. The van der Waals surface area contributed by atoms with Gasteiger partial charge in [-0.3, -0.25) is 9.69 Å². The second kappa shape index (κ2) is 10.5. The molecule has 1 saturated heterocycles. The monoisotopic (exact) mass is 399 g/mol. The molecule has 1 fully saturated rings. The number of piperidine rings is 1. The Morgan fingerprint density at radius 2 is 2.07 bits per heavy atom. The van der Waals surface area contributed by atoms with Crippen LogP contribution in [0.1, 0.15) is 37.8 Å². The first-order chi connectivity index (χ1) is 12.9. The van der Waals surface area contributed by atoms with E-state index in [9.17, 15) is 14.0 Å². The number of rotatable bonds is 7. The van der Waals surface area contributed by atoms with Gasteiger partial charge in [-0.05, 0) is 62.9 Å². The second-order valence-corrected chi connectivity index (χ2v) is 7.19. The summed E-state index contributed by atoms with van der Waals surface area (Å²) in [7, 11) is 1.49. The highest BCUT2D eigenvalue weighted by molar-refractivity contribution is 6.31. The fourth-order valence-electron chi connectivity index (χ4n) is 3.30. The Labute approximate surface area is 164 Å². The lowest BCUT2D eigenvalue weighted by atomic mass is 9.92. The Bertz CT molecular complexity index is 651. The van der Waals surface area contributed by atoms with E-state index in [-0.39, 0.29) is 24.4 Å². The summed E-state index contributed by atoms with van der Waals surface area (Å²) >= 11 is 6.18. The van der Waals surface area contributed by atoms with E-state index in [1.165, 1.54) is 19.2 Å². The molecule has 1 unspecified atom stereocenters. The zero-order chi connectivity index (χ0) is 19.8. The minimum Gasteiger partial charge on any atom is -0.439 e.